The first kappa shape index (κ1) is 9.61. The van der Waals surface area contributed by atoms with Crippen molar-refractivity contribution in [2.24, 2.45) is 0 Å². The van der Waals surface area contributed by atoms with E-state index in [9.17, 15) is 0 Å². The summed E-state index contributed by atoms with van der Waals surface area (Å²) in [4.78, 5) is 0. The maximum absolute atomic E-state index is 5.84. The van der Waals surface area contributed by atoms with Gasteiger partial charge in [-0.15, -0.1) is 0 Å². The molecule has 1 aromatic rings. The van der Waals surface area contributed by atoms with Gasteiger partial charge in [0.05, 0.1) is 15.7 Å². The molecule has 0 unspecified atom stereocenters. The first-order chi connectivity index (χ1) is 5.15. The van der Waals surface area contributed by atoms with Crippen molar-refractivity contribution >= 4 is 50.1 Å². The zero-order chi connectivity index (χ0) is 8.43. The van der Waals surface area contributed by atoms with Gasteiger partial charge in [0.2, 0.25) is 0 Å². The fraction of sp³-hybridized carbons (Fsp3) is 0.143. The van der Waals surface area contributed by atoms with Gasteiger partial charge in [0, 0.05) is 4.47 Å². The first-order valence-corrected chi connectivity index (χ1v) is 5.08. The van der Waals surface area contributed by atoms with Crippen molar-refractivity contribution in [1.82, 2.24) is 0 Å². The van der Waals surface area contributed by atoms with Crippen LogP contribution in [0.1, 0.15) is 0 Å². The van der Waals surface area contributed by atoms with Crippen molar-refractivity contribution in [2.75, 3.05) is 7.11 Å². The molecule has 60 valence electrons. The molecule has 0 heterocycles. The lowest BCUT2D eigenvalue weighted by atomic mass is 10.3. The maximum Gasteiger partial charge on any atom is 0.133 e. The van der Waals surface area contributed by atoms with Crippen LogP contribution >= 0.6 is 50.1 Å². The van der Waals surface area contributed by atoms with Gasteiger partial charge in [-0.2, -0.15) is 0 Å². The van der Waals surface area contributed by atoms with Crippen molar-refractivity contribution in [3.63, 3.8) is 0 Å². The van der Waals surface area contributed by atoms with E-state index < -0.39 is 0 Å². The Morgan fingerprint density at radius 3 is 2.73 bits per heavy atom. The number of ether oxygens (including phenoxy) is 1. The van der Waals surface area contributed by atoms with E-state index in [0.29, 0.717) is 5.02 Å². The van der Waals surface area contributed by atoms with Gasteiger partial charge >= 0.3 is 0 Å². The molecule has 0 aliphatic carbocycles. The molecular formula is C7H5BrClIO. The molecule has 1 rings (SSSR count). The highest BCUT2D eigenvalue weighted by Gasteiger charge is 2.03. The molecule has 0 N–H and O–H groups in total. The molecule has 0 aliphatic heterocycles. The van der Waals surface area contributed by atoms with Gasteiger partial charge in [-0.25, -0.2) is 0 Å². The third-order valence-electron chi connectivity index (χ3n) is 1.19. The van der Waals surface area contributed by atoms with Gasteiger partial charge in [0.25, 0.3) is 0 Å². The van der Waals surface area contributed by atoms with Crippen LogP contribution in [0.2, 0.25) is 5.02 Å². The number of hydrogen-bond donors (Lipinski definition) is 0. The Bertz CT molecular complexity index is 277. The van der Waals surface area contributed by atoms with E-state index in [-0.39, 0.29) is 0 Å². The Hall–Kier alpha value is 0.520. The van der Waals surface area contributed by atoms with Crippen molar-refractivity contribution in [1.29, 1.82) is 0 Å². The molecule has 0 saturated heterocycles. The van der Waals surface area contributed by atoms with Gasteiger partial charge in [0.1, 0.15) is 5.75 Å². The Kier molecular flexibility index (Phi) is 3.46. The normalized spacial score (nSPS) is 9.82. The van der Waals surface area contributed by atoms with Crippen LogP contribution in [0.4, 0.5) is 0 Å². The second-order valence-corrected chi connectivity index (χ2v) is 4.32. The average molecular weight is 347 g/mol. The van der Waals surface area contributed by atoms with E-state index in [0.717, 1.165) is 13.8 Å². The van der Waals surface area contributed by atoms with E-state index in [2.05, 4.69) is 38.5 Å². The van der Waals surface area contributed by atoms with Crippen molar-refractivity contribution in [3.8, 4) is 5.75 Å². The van der Waals surface area contributed by atoms with E-state index in [1.54, 1.807) is 7.11 Å². The van der Waals surface area contributed by atoms with Crippen molar-refractivity contribution in [3.05, 3.63) is 25.2 Å². The van der Waals surface area contributed by atoms with Crippen LogP contribution in [-0.2, 0) is 0 Å². The molecule has 11 heavy (non-hydrogen) atoms. The van der Waals surface area contributed by atoms with E-state index >= 15 is 0 Å². The molecule has 0 bridgehead atoms. The molecule has 0 fully saturated rings. The third-order valence-corrected chi connectivity index (χ3v) is 3.23. The average Bonchev–Trinajstić information content (AvgIpc) is 1.97. The summed E-state index contributed by atoms with van der Waals surface area (Å²) in [5.74, 6) is 0.835. The van der Waals surface area contributed by atoms with Crippen molar-refractivity contribution < 1.29 is 4.74 Å². The van der Waals surface area contributed by atoms with Crippen LogP contribution in [0.3, 0.4) is 0 Å². The minimum absolute atomic E-state index is 0.704. The van der Waals surface area contributed by atoms with Crippen LogP contribution in [-0.4, -0.2) is 7.11 Å². The molecule has 1 nitrogen and oxygen atoms in total. The monoisotopic (exact) mass is 346 g/mol. The van der Waals surface area contributed by atoms with Crippen LogP contribution in [0, 0.1) is 3.57 Å². The highest BCUT2D eigenvalue weighted by Crippen LogP contribution is 2.31. The number of rotatable bonds is 1. The standard InChI is InChI=1S/C7H5BrClIO/c1-11-7-2-4(8)5(9)3-6(7)10/h2-3H,1H3. The summed E-state index contributed by atoms with van der Waals surface area (Å²) in [5.41, 5.74) is 0. The Balaban J connectivity index is 3.21. The minimum Gasteiger partial charge on any atom is -0.496 e. The zero-order valence-electron chi connectivity index (χ0n) is 5.70. The lowest BCUT2D eigenvalue weighted by Crippen LogP contribution is -1.86. The fourth-order valence-electron chi connectivity index (χ4n) is 0.661. The highest BCUT2D eigenvalue weighted by atomic mass is 127. The van der Waals surface area contributed by atoms with E-state index in [1.165, 1.54) is 0 Å². The molecule has 0 amide bonds. The molecule has 0 saturated carbocycles. The minimum atomic E-state index is 0.704. The van der Waals surface area contributed by atoms with Crippen LogP contribution in [0.15, 0.2) is 16.6 Å². The maximum atomic E-state index is 5.84. The number of methoxy groups -OCH3 is 1. The second kappa shape index (κ2) is 3.96. The van der Waals surface area contributed by atoms with Gasteiger partial charge in [-0.3, -0.25) is 0 Å². The summed E-state index contributed by atoms with van der Waals surface area (Å²) < 4.78 is 6.95. The Morgan fingerprint density at radius 2 is 2.18 bits per heavy atom. The van der Waals surface area contributed by atoms with Gasteiger partial charge in [0.15, 0.2) is 0 Å². The van der Waals surface area contributed by atoms with E-state index in [4.69, 9.17) is 16.3 Å². The number of benzene rings is 1. The van der Waals surface area contributed by atoms with Gasteiger partial charge < -0.3 is 4.74 Å². The fourth-order valence-corrected chi connectivity index (χ4v) is 2.02. The Labute approximate surface area is 92.3 Å². The number of hydrogen-bond acceptors (Lipinski definition) is 1. The Morgan fingerprint density at radius 1 is 1.55 bits per heavy atom. The molecule has 0 atom stereocenters. The SMILES string of the molecule is COc1cc(Br)c(Cl)cc1I. The molecule has 1 aromatic carbocycles. The summed E-state index contributed by atoms with van der Waals surface area (Å²) >= 11 is 11.3. The summed E-state index contributed by atoms with van der Waals surface area (Å²) in [7, 11) is 1.64. The highest BCUT2D eigenvalue weighted by molar-refractivity contribution is 14.1. The van der Waals surface area contributed by atoms with Gasteiger partial charge in [-0.05, 0) is 50.7 Å². The molecule has 0 aromatic heterocycles. The second-order valence-electron chi connectivity index (χ2n) is 1.90. The summed E-state index contributed by atoms with van der Waals surface area (Å²) in [6.07, 6.45) is 0. The topological polar surface area (TPSA) is 9.23 Å². The smallest absolute Gasteiger partial charge is 0.133 e. The molecule has 4 heteroatoms. The largest absolute Gasteiger partial charge is 0.496 e. The van der Waals surface area contributed by atoms with Crippen LogP contribution < -0.4 is 4.74 Å². The summed E-state index contributed by atoms with van der Waals surface area (Å²) in [5, 5.41) is 0.704. The lowest BCUT2D eigenvalue weighted by molar-refractivity contribution is 0.411. The summed E-state index contributed by atoms with van der Waals surface area (Å²) in [6, 6.07) is 3.70. The third kappa shape index (κ3) is 2.23. The van der Waals surface area contributed by atoms with Crippen LogP contribution in [0.25, 0.3) is 0 Å². The van der Waals surface area contributed by atoms with Crippen LogP contribution in [0.5, 0.6) is 5.75 Å². The number of halogens is 3. The molecular weight excluding hydrogens is 342 g/mol. The quantitative estimate of drug-likeness (QED) is 0.556. The predicted octanol–water partition coefficient (Wildman–Crippen LogP) is 3.72. The first-order valence-electron chi connectivity index (χ1n) is 2.83. The predicted molar refractivity (Wildman–Crippen MR) is 58.4 cm³/mol. The van der Waals surface area contributed by atoms with Crippen molar-refractivity contribution in [2.45, 2.75) is 0 Å². The van der Waals surface area contributed by atoms with E-state index in [1.807, 2.05) is 12.1 Å². The summed E-state index contributed by atoms with van der Waals surface area (Å²) in [6.45, 7) is 0. The molecule has 0 radical (unpaired) electrons. The zero-order valence-corrected chi connectivity index (χ0v) is 10.2. The molecule has 0 aliphatic rings. The molecule has 0 spiro atoms. The van der Waals surface area contributed by atoms with Gasteiger partial charge in [-0.1, -0.05) is 11.6 Å². The lowest BCUT2D eigenvalue weighted by Gasteiger charge is -2.04.